The molecule has 0 aliphatic carbocycles. The molecule has 0 aromatic heterocycles. The van der Waals surface area contributed by atoms with E-state index in [1.807, 2.05) is 18.2 Å². The Hall–Kier alpha value is -0.740. The zero-order valence-electron chi connectivity index (χ0n) is 9.66. The highest BCUT2D eigenvalue weighted by Crippen LogP contribution is 2.28. The number of benzene rings is 1. The third-order valence-corrected chi connectivity index (χ3v) is 3.62. The number of nitrogens with one attached hydrogen (secondary N) is 1. The first-order valence-electron chi connectivity index (χ1n) is 5.47. The Kier molecular flexibility index (Phi) is 3.71. The maximum Gasteiger partial charge on any atom is 0.121 e. The van der Waals surface area contributed by atoms with Crippen molar-refractivity contribution in [3.8, 4) is 5.75 Å². The Morgan fingerprint density at radius 2 is 2.31 bits per heavy atom. The summed E-state index contributed by atoms with van der Waals surface area (Å²) in [7, 11) is 3.85. The molecule has 1 fully saturated rings. The molecule has 0 saturated carbocycles. The van der Waals surface area contributed by atoms with Gasteiger partial charge in [0, 0.05) is 23.1 Å². The predicted molar refractivity (Wildman–Crippen MR) is 70.2 cm³/mol. The molecule has 3 nitrogen and oxygen atoms in total. The van der Waals surface area contributed by atoms with Crippen LogP contribution in [-0.4, -0.2) is 38.2 Å². The highest BCUT2D eigenvalue weighted by Gasteiger charge is 2.19. The van der Waals surface area contributed by atoms with E-state index in [1.54, 1.807) is 7.11 Å². The molecule has 1 N–H and O–H groups in total. The van der Waals surface area contributed by atoms with Gasteiger partial charge in [-0.3, -0.25) is 0 Å². The predicted octanol–water partition coefficient (Wildman–Crippen LogP) is 2.57. The Morgan fingerprint density at radius 1 is 1.50 bits per heavy atom. The molecule has 0 radical (unpaired) electrons. The number of ether oxygens (including phenoxy) is 1. The lowest BCUT2D eigenvalue weighted by Gasteiger charge is -2.16. The van der Waals surface area contributed by atoms with Crippen LogP contribution in [0.25, 0.3) is 0 Å². The lowest BCUT2D eigenvalue weighted by molar-refractivity contribution is 0.413. The number of hydrogen-bond acceptors (Lipinski definition) is 3. The quantitative estimate of drug-likeness (QED) is 0.923. The number of hydrogen-bond donors (Lipinski definition) is 1. The van der Waals surface area contributed by atoms with Gasteiger partial charge in [0.05, 0.1) is 12.8 Å². The number of halogens is 1. The summed E-state index contributed by atoms with van der Waals surface area (Å²) >= 11 is 3.55. The molecule has 88 valence electrons. The van der Waals surface area contributed by atoms with Gasteiger partial charge in [0.15, 0.2) is 0 Å². The van der Waals surface area contributed by atoms with Crippen LogP contribution >= 0.6 is 15.9 Å². The van der Waals surface area contributed by atoms with Crippen LogP contribution in [-0.2, 0) is 0 Å². The first-order valence-corrected chi connectivity index (χ1v) is 6.27. The van der Waals surface area contributed by atoms with Gasteiger partial charge in [-0.2, -0.15) is 0 Å². The molecule has 0 amide bonds. The van der Waals surface area contributed by atoms with Crippen molar-refractivity contribution in [1.29, 1.82) is 0 Å². The van der Waals surface area contributed by atoms with Crippen LogP contribution in [0.4, 0.5) is 5.69 Å². The van der Waals surface area contributed by atoms with Gasteiger partial charge in [0.25, 0.3) is 0 Å². The lowest BCUT2D eigenvalue weighted by atomic mass is 10.2. The smallest absolute Gasteiger partial charge is 0.121 e. The third kappa shape index (κ3) is 2.68. The van der Waals surface area contributed by atoms with Crippen LogP contribution in [0.3, 0.4) is 0 Å². The van der Waals surface area contributed by atoms with Crippen molar-refractivity contribution >= 4 is 21.6 Å². The first-order chi connectivity index (χ1) is 7.69. The highest BCUT2D eigenvalue weighted by molar-refractivity contribution is 9.10. The van der Waals surface area contributed by atoms with Crippen LogP contribution in [0, 0.1) is 0 Å². The van der Waals surface area contributed by atoms with E-state index in [0.29, 0.717) is 6.04 Å². The van der Waals surface area contributed by atoms with Gasteiger partial charge in [-0.1, -0.05) is 0 Å². The lowest BCUT2D eigenvalue weighted by Crippen LogP contribution is -2.23. The van der Waals surface area contributed by atoms with Gasteiger partial charge < -0.3 is 15.0 Å². The molecular formula is C12H17BrN2O. The molecule has 16 heavy (non-hydrogen) atoms. The van der Waals surface area contributed by atoms with E-state index in [-0.39, 0.29) is 0 Å². The molecule has 1 atom stereocenters. The summed E-state index contributed by atoms with van der Waals surface area (Å²) in [6.45, 7) is 2.27. The van der Waals surface area contributed by atoms with E-state index >= 15 is 0 Å². The van der Waals surface area contributed by atoms with E-state index in [1.165, 1.54) is 13.0 Å². The molecule has 1 saturated heterocycles. The monoisotopic (exact) mass is 284 g/mol. The molecule has 0 bridgehead atoms. The summed E-state index contributed by atoms with van der Waals surface area (Å²) in [6.07, 6.45) is 1.19. The van der Waals surface area contributed by atoms with Gasteiger partial charge >= 0.3 is 0 Å². The average Bonchev–Trinajstić information content (AvgIpc) is 2.67. The summed E-state index contributed by atoms with van der Waals surface area (Å²) < 4.78 is 6.31. The summed E-state index contributed by atoms with van der Waals surface area (Å²) in [5.41, 5.74) is 1.11. The van der Waals surface area contributed by atoms with E-state index in [2.05, 4.69) is 33.2 Å². The second-order valence-corrected chi connectivity index (χ2v) is 5.09. The van der Waals surface area contributed by atoms with Gasteiger partial charge in [0.2, 0.25) is 0 Å². The Bertz CT molecular complexity index is 370. The molecule has 2 rings (SSSR count). The average molecular weight is 285 g/mol. The van der Waals surface area contributed by atoms with Crippen LogP contribution < -0.4 is 10.1 Å². The van der Waals surface area contributed by atoms with E-state index in [4.69, 9.17) is 4.74 Å². The standard InChI is InChI=1S/C12H17BrN2O/c1-15-6-5-9(8-15)14-12-7-10(16-2)3-4-11(12)13/h3-4,7,9,14H,5-6,8H2,1-2H3. The van der Waals surface area contributed by atoms with Crippen LogP contribution in [0.2, 0.25) is 0 Å². The van der Waals surface area contributed by atoms with Gasteiger partial charge in [-0.25, -0.2) is 0 Å². The molecule has 0 spiro atoms. The van der Waals surface area contributed by atoms with E-state index in [9.17, 15) is 0 Å². The maximum atomic E-state index is 5.22. The van der Waals surface area contributed by atoms with Crippen LogP contribution in [0.15, 0.2) is 22.7 Å². The second-order valence-electron chi connectivity index (χ2n) is 4.24. The summed E-state index contributed by atoms with van der Waals surface area (Å²) in [6, 6.07) is 6.53. The number of likely N-dealkylation sites (tertiary alicyclic amines) is 1. The number of methoxy groups -OCH3 is 1. The molecule has 1 aromatic rings. The van der Waals surface area contributed by atoms with Crippen molar-refractivity contribution in [3.63, 3.8) is 0 Å². The topological polar surface area (TPSA) is 24.5 Å². The second kappa shape index (κ2) is 5.06. The van der Waals surface area contributed by atoms with Gasteiger partial charge in [-0.15, -0.1) is 0 Å². The van der Waals surface area contributed by atoms with Crippen molar-refractivity contribution in [1.82, 2.24) is 4.90 Å². The molecule has 1 heterocycles. The fourth-order valence-corrected chi connectivity index (χ4v) is 2.38. The van der Waals surface area contributed by atoms with Crippen molar-refractivity contribution in [2.45, 2.75) is 12.5 Å². The van der Waals surface area contributed by atoms with E-state index < -0.39 is 0 Å². The van der Waals surface area contributed by atoms with Crippen LogP contribution in [0.5, 0.6) is 5.75 Å². The minimum absolute atomic E-state index is 0.536. The Labute approximate surface area is 105 Å². The largest absolute Gasteiger partial charge is 0.497 e. The third-order valence-electron chi connectivity index (χ3n) is 2.92. The summed E-state index contributed by atoms with van der Waals surface area (Å²) in [5.74, 6) is 0.886. The molecule has 1 aromatic carbocycles. The number of nitrogens with zero attached hydrogens (tertiary/aromatic N) is 1. The molecule has 4 heteroatoms. The Balaban J connectivity index is 2.08. The fraction of sp³-hybridized carbons (Fsp3) is 0.500. The molecule has 1 aliphatic heterocycles. The number of rotatable bonds is 3. The summed E-state index contributed by atoms with van der Waals surface area (Å²) in [5, 5.41) is 3.55. The molecule has 1 unspecified atom stereocenters. The number of anilines is 1. The van der Waals surface area contributed by atoms with Gasteiger partial charge in [0.1, 0.15) is 5.75 Å². The van der Waals surface area contributed by atoms with Crippen molar-refractivity contribution < 1.29 is 4.74 Å². The summed E-state index contributed by atoms with van der Waals surface area (Å²) in [4.78, 5) is 2.34. The SMILES string of the molecule is COc1ccc(Br)c(NC2CCN(C)C2)c1. The zero-order chi connectivity index (χ0) is 11.5. The van der Waals surface area contributed by atoms with Crippen molar-refractivity contribution in [2.24, 2.45) is 0 Å². The molecular weight excluding hydrogens is 268 g/mol. The maximum absolute atomic E-state index is 5.22. The Morgan fingerprint density at radius 3 is 2.94 bits per heavy atom. The zero-order valence-corrected chi connectivity index (χ0v) is 11.3. The van der Waals surface area contributed by atoms with Crippen molar-refractivity contribution in [2.75, 3.05) is 32.6 Å². The first kappa shape index (κ1) is 11.7. The highest BCUT2D eigenvalue weighted by atomic mass is 79.9. The van der Waals surface area contributed by atoms with E-state index in [0.717, 1.165) is 22.5 Å². The minimum atomic E-state index is 0.536. The normalized spacial score (nSPS) is 21.1. The molecule has 1 aliphatic rings. The number of likely N-dealkylation sites (N-methyl/N-ethyl adjacent to an activating group) is 1. The van der Waals surface area contributed by atoms with Crippen molar-refractivity contribution in [3.05, 3.63) is 22.7 Å². The van der Waals surface area contributed by atoms with Crippen LogP contribution in [0.1, 0.15) is 6.42 Å². The minimum Gasteiger partial charge on any atom is -0.497 e. The van der Waals surface area contributed by atoms with Gasteiger partial charge in [-0.05, 0) is 48.1 Å². The fourth-order valence-electron chi connectivity index (χ4n) is 2.01.